The molecule has 0 aliphatic rings. The minimum Gasteiger partial charge on any atom is -0.747 e. The van der Waals surface area contributed by atoms with Crippen LogP contribution in [0.2, 0.25) is 0 Å². The second kappa shape index (κ2) is 7.25. The van der Waals surface area contributed by atoms with Crippen LogP contribution in [0.5, 0.6) is 5.75 Å². The van der Waals surface area contributed by atoms with E-state index in [0.29, 0.717) is 5.75 Å². The Morgan fingerprint density at radius 1 is 1.37 bits per heavy atom. The van der Waals surface area contributed by atoms with Crippen molar-refractivity contribution in [2.24, 2.45) is 5.73 Å². The fourth-order valence-corrected chi connectivity index (χ4v) is 2.26. The number of carbonyl (C=O) groups is 1. The number of carbonyl (C=O) groups excluding carboxylic acids is 1. The van der Waals surface area contributed by atoms with Gasteiger partial charge in [0.05, 0.1) is 6.10 Å². The number of ether oxygens (including phenoxy) is 1. The fourth-order valence-electron chi connectivity index (χ4n) is 1.50. The predicted octanol–water partition coefficient (Wildman–Crippen LogP) is -2.45. The van der Waals surface area contributed by atoms with E-state index in [9.17, 15) is 17.8 Å². The Labute approximate surface area is 134 Å². The first kappa shape index (κ1) is 18.4. The summed E-state index contributed by atoms with van der Waals surface area (Å²) < 4.78 is 38.4. The van der Waals surface area contributed by atoms with Crippen LogP contribution in [-0.4, -0.2) is 25.0 Å². The summed E-state index contributed by atoms with van der Waals surface area (Å²) in [6.07, 6.45) is -0.115. The molecule has 1 rings (SSSR count). The molecule has 19 heavy (non-hydrogen) atoms. The molecule has 1 aromatic carbocycles. The number of hydrogen-bond acceptors (Lipinski definition) is 5. The van der Waals surface area contributed by atoms with Gasteiger partial charge in [-0.3, -0.25) is 4.79 Å². The second-order valence-electron chi connectivity index (χ2n) is 4.01. The molecule has 0 aromatic heterocycles. The van der Waals surface area contributed by atoms with Crippen molar-refractivity contribution in [1.29, 1.82) is 0 Å². The molecular weight excluding hydrogens is 281 g/mol. The van der Waals surface area contributed by atoms with Crippen molar-refractivity contribution >= 4 is 16.0 Å². The zero-order valence-electron chi connectivity index (χ0n) is 11.0. The van der Waals surface area contributed by atoms with Crippen LogP contribution in [0.4, 0.5) is 0 Å². The average molecular weight is 295 g/mol. The summed E-state index contributed by atoms with van der Waals surface area (Å²) in [6, 6.07) is 5.76. The Bertz CT molecular complexity index is 544. The van der Waals surface area contributed by atoms with Gasteiger partial charge in [0, 0.05) is 0 Å². The standard InChI is InChI=1S/C11H15NO5S.Na/c1-7(2)17-9-5-3-4-8(6-9)10(11(12)13)18(14,15)16;/h3-7,10H,1-2H3,(H2,12,13)(H,14,15,16);/q;+1/p-1. The molecule has 1 unspecified atom stereocenters. The largest absolute Gasteiger partial charge is 1.00 e. The van der Waals surface area contributed by atoms with E-state index in [-0.39, 0.29) is 41.2 Å². The van der Waals surface area contributed by atoms with Crippen LogP contribution in [0, 0.1) is 0 Å². The number of nitrogens with two attached hydrogens (primary N) is 1. The molecule has 1 atom stereocenters. The van der Waals surface area contributed by atoms with Crippen LogP contribution in [-0.2, 0) is 14.9 Å². The van der Waals surface area contributed by atoms with Gasteiger partial charge in [0.1, 0.15) is 15.9 Å². The SMILES string of the molecule is CC(C)Oc1cccc(C(C(N)=O)S(=O)(=O)[O-])c1.[Na+]. The minimum absolute atomic E-state index is 0. The number of hydrogen-bond donors (Lipinski definition) is 1. The normalized spacial score (nSPS) is 12.6. The van der Waals surface area contributed by atoms with E-state index in [4.69, 9.17) is 10.5 Å². The summed E-state index contributed by atoms with van der Waals surface area (Å²) in [6.45, 7) is 3.59. The second-order valence-corrected chi connectivity index (χ2v) is 5.47. The van der Waals surface area contributed by atoms with Gasteiger partial charge < -0.3 is 15.0 Å². The zero-order valence-corrected chi connectivity index (χ0v) is 13.8. The molecule has 0 heterocycles. The van der Waals surface area contributed by atoms with Crippen LogP contribution in [0.1, 0.15) is 24.7 Å². The smallest absolute Gasteiger partial charge is 0.747 e. The third kappa shape index (κ3) is 5.50. The molecule has 0 radical (unpaired) electrons. The molecule has 0 saturated heterocycles. The van der Waals surface area contributed by atoms with Crippen molar-refractivity contribution in [1.82, 2.24) is 0 Å². The van der Waals surface area contributed by atoms with Crippen molar-refractivity contribution in [2.75, 3.05) is 0 Å². The van der Waals surface area contributed by atoms with E-state index >= 15 is 0 Å². The number of amides is 1. The third-order valence-corrected chi connectivity index (χ3v) is 3.16. The Kier molecular flexibility index (Phi) is 7.02. The van der Waals surface area contributed by atoms with E-state index in [1.54, 1.807) is 19.9 Å². The number of primary amides is 1. The molecule has 1 amide bonds. The minimum atomic E-state index is -4.84. The molecule has 0 spiro atoms. The maximum atomic E-state index is 11.1. The number of rotatable bonds is 5. The van der Waals surface area contributed by atoms with Crippen molar-refractivity contribution in [3.05, 3.63) is 29.8 Å². The first-order valence-electron chi connectivity index (χ1n) is 5.22. The first-order chi connectivity index (χ1) is 8.21. The molecule has 6 nitrogen and oxygen atoms in total. The summed E-state index contributed by atoms with van der Waals surface area (Å²) in [7, 11) is -4.84. The molecule has 2 N–H and O–H groups in total. The van der Waals surface area contributed by atoms with Gasteiger partial charge in [0.2, 0.25) is 5.91 Å². The molecule has 1 aromatic rings. The Morgan fingerprint density at radius 3 is 2.37 bits per heavy atom. The van der Waals surface area contributed by atoms with Gasteiger partial charge in [-0.05, 0) is 31.5 Å². The molecule has 100 valence electrons. The van der Waals surface area contributed by atoms with Gasteiger partial charge >= 0.3 is 29.6 Å². The number of benzene rings is 1. The first-order valence-corrected chi connectivity index (χ1v) is 6.69. The maximum Gasteiger partial charge on any atom is 1.00 e. The van der Waals surface area contributed by atoms with E-state index < -0.39 is 21.3 Å². The van der Waals surface area contributed by atoms with E-state index in [2.05, 4.69) is 0 Å². The molecule has 0 aliphatic heterocycles. The van der Waals surface area contributed by atoms with Crippen LogP contribution in [0.25, 0.3) is 0 Å². The molecule has 0 aliphatic carbocycles. The van der Waals surface area contributed by atoms with Crippen molar-refractivity contribution in [2.45, 2.75) is 25.2 Å². The van der Waals surface area contributed by atoms with Gasteiger partial charge in [0.15, 0.2) is 5.25 Å². The topological polar surface area (TPSA) is 110 Å². The Balaban J connectivity index is 0.00000324. The van der Waals surface area contributed by atoms with Gasteiger partial charge in [-0.25, -0.2) is 8.42 Å². The van der Waals surface area contributed by atoms with Gasteiger partial charge in [-0.1, -0.05) is 12.1 Å². The summed E-state index contributed by atoms with van der Waals surface area (Å²) in [4.78, 5) is 11.1. The van der Waals surface area contributed by atoms with Gasteiger partial charge in [0.25, 0.3) is 0 Å². The summed E-state index contributed by atoms with van der Waals surface area (Å²) in [5.41, 5.74) is 4.96. The molecular formula is C11H14NNaO5S. The van der Waals surface area contributed by atoms with Crippen molar-refractivity contribution < 1.29 is 52.1 Å². The summed E-state index contributed by atoms with van der Waals surface area (Å²) in [5.74, 6) is -0.830. The van der Waals surface area contributed by atoms with Crippen molar-refractivity contribution in [3.63, 3.8) is 0 Å². The zero-order chi connectivity index (χ0) is 13.9. The fraction of sp³-hybridized carbons (Fsp3) is 0.364. The molecule has 0 saturated carbocycles. The summed E-state index contributed by atoms with van der Waals surface area (Å²) >= 11 is 0. The maximum absolute atomic E-state index is 11.1. The van der Waals surface area contributed by atoms with E-state index in [1.807, 2.05) is 0 Å². The predicted molar refractivity (Wildman–Crippen MR) is 63.8 cm³/mol. The Morgan fingerprint density at radius 2 is 1.95 bits per heavy atom. The van der Waals surface area contributed by atoms with E-state index in [1.165, 1.54) is 18.2 Å². The molecule has 0 bridgehead atoms. The monoisotopic (exact) mass is 295 g/mol. The average Bonchev–Trinajstić information content (AvgIpc) is 2.13. The van der Waals surface area contributed by atoms with Crippen molar-refractivity contribution in [3.8, 4) is 5.75 Å². The third-order valence-electron chi connectivity index (χ3n) is 2.08. The van der Waals surface area contributed by atoms with E-state index in [0.717, 1.165) is 0 Å². The van der Waals surface area contributed by atoms with Gasteiger partial charge in [-0.15, -0.1) is 0 Å². The molecule has 8 heteroatoms. The quantitative estimate of drug-likeness (QED) is 0.479. The molecule has 0 fully saturated rings. The van der Waals surface area contributed by atoms with Gasteiger partial charge in [-0.2, -0.15) is 0 Å². The summed E-state index contributed by atoms with van der Waals surface area (Å²) in [5, 5.41) is -1.90. The van der Waals surface area contributed by atoms with Crippen LogP contribution in [0.15, 0.2) is 24.3 Å². The van der Waals surface area contributed by atoms with Crippen LogP contribution in [0.3, 0.4) is 0 Å². The van der Waals surface area contributed by atoms with Crippen LogP contribution >= 0.6 is 0 Å². The Hall–Kier alpha value is -0.600. The van der Waals surface area contributed by atoms with Crippen LogP contribution < -0.4 is 40.0 Å².